The highest BCUT2D eigenvalue weighted by Gasteiger charge is 2.31. The van der Waals surface area contributed by atoms with E-state index in [1.807, 2.05) is 23.1 Å². The summed E-state index contributed by atoms with van der Waals surface area (Å²) in [4.78, 5) is 12.9. The van der Waals surface area contributed by atoms with E-state index in [0.29, 0.717) is 12.5 Å². The van der Waals surface area contributed by atoms with Gasteiger partial charge in [0.05, 0.1) is 6.54 Å². The lowest BCUT2D eigenvalue weighted by Crippen LogP contribution is -2.34. The van der Waals surface area contributed by atoms with Crippen molar-refractivity contribution in [2.45, 2.75) is 12.0 Å². The molecule has 1 aliphatic rings. The average Bonchev–Trinajstić information content (AvgIpc) is 2.60. The maximum absolute atomic E-state index is 10.8. The number of nitrogens with zero attached hydrogens (tertiary/aromatic N) is 1. The average molecular weight is 219 g/mol. The van der Waals surface area contributed by atoms with Gasteiger partial charge in [-0.15, -0.1) is 0 Å². The lowest BCUT2D eigenvalue weighted by molar-refractivity contribution is -0.118. The molecular weight excluding hydrogens is 202 g/mol. The molecule has 1 aliphatic heterocycles. The monoisotopic (exact) mass is 219 g/mol. The molecule has 1 saturated heterocycles. The van der Waals surface area contributed by atoms with E-state index in [2.05, 4.69) is 12.1 Å². The highest BCUT2D eigenvalue weighted by Crippen LogP contribution is 2.25. The summed E-state index contributed by atoms with van der Waals surface area (Å²) in [7, 11) is 0. The van der Waals surface area contributed by atoms with Gasteiger partial charge in [0, 0.05) is 25.0 Å². The largest absolute Gasteiger partial charge is 0.369 e. The minimum Gasteiger partial charge on any atom is -0.369 e. The third kappa shape index (κ3) is 2.40. The molecule has 0 aromatic heterocycles. The van der Waals surface area contributed by atoms with E-state index in [1.54, 1.807) is 0 Å². The topological polar surface area (TPSA) is 72.4 Å². The number of hydrogen-bond acceptors (Lipinski definition) is 3. The van der Waals surface area contributed by atoms with E-state index < -0.39 is 0 Å². The smallest absolute Gasteiger partial charge is 0.231 e. The summed E-state index contributed by atoms with van der Waals surface area (Å²) in [6, 6.07) is 10.3. The molecule has 86 valence electrons. The van der Waals surface area contributed by atoms with E-state index in [9.17, 15) is 4.79 Å². The Morgan fingerprint density at radius 2 is 2.00 bits per heavy atom. The number of primary amides is 1. The SMILES string of the molecule is NC(=O)CN1C[C@H](c2ccccc2)[C@@H](N)C1. The van der Waals surface area contributed by atoms with Crippen molar-refractivity contribution >= 4 is 5.91 Å². The Bertz CT molecular complexity index is 366. The van der Waals surface area contributed by atoms with Crippen LogP contribution in [0, 0.1) is 0 Å². The fourth-order valence-corrected chi connectivity index (χ4v) is 2.32. The molecule has 0 saturated carbocycles. The van der Waals surface area contributed by atoms with E-state index in [-0.39, 0.29) is 11.9 Å². The molecule has 0 unspecified atom stereocenters. The van der Waals surface area contributed by atoms with Crippen molar-refractivity contribution in [3.05, 3.63) is 35.9 Å². The second kappa shape index (κ2) is 4.63. The molecule has 1 aromatic rings. The Balaban J connectivity index is 2.05. The summed E-state index contributed by atoms with van der Waals surface area (Å²) in [5.74, 6) is 0.0152. The third-order valence-electron chi connectivity index (χ3n) is 3.05. The summed E-state index contributed by atoms with van der Waals surface area (Å²) in [6.07, 6.45) is 0. The number of carbonyl (C=O) groups excluding carboxylic acids is 1. The number of benzene rings is 1. The second-order valence-electron chi connectivity index (χ2n) is 4.34. The molecule has 0 radical (unpaired) electrons. The van der Waals surface area contributed by atoms with E-state index in [1.165, 1.54) is 5.56 Å². The molecule has 1 amide bonds. The van der Waals surface area contributed by atoms with Crippen LogP contribution in [0.4, 0.5) is 0 Å². The molecular formula is C12H17N3O. The third-order valence-corrected chi connectivity index (χ3v) is 3.05. The zero-order valence-electron chi connectivity index (χ0n) is 9.17. The first-order valence-electron chi connectivity index (χ1n) is 5.48. The van der Waals surface area contributed by atoms with Gasteiger partial charge in [-0.25, -0.2) is 0 Å². The number of hydrogen-bond donors (Lipinski definition) is 2. The summed E-state index contributed by atoms with van der Waals surface area (Å²) < 4.78 is 0. The van der Waals surface area contributed by atoms with Crippen molar-refractivity contribution in [2.24, 2.45) is 11.5 Å². The van der Waals surface area contributed by atoms with Crippen molar-refractivity contribution in [1.29, 1.82) is 0 Å². The Morgan fingerprint density at radius 3 is 2.62 bits per heavy atom. The fraction of sp³-hybridized carbons (Fsp3) is 0.417. The van der Waals surface area contributed by atoms with Crippen LogP contribution in [0.15, 0.2) is 30.3 Å². The molecule has 1 aromatic carbocycles. The van der Waals surface area contributed by atoms with Crippen LogP contribution in [0.5, 0.6) is 0 Å². The van der Waals surface area contributed by atoms with Gasteiger partial charge >= 0.3 is 0 Å². The van der Waals surface area contributed by atoms with E-state index >= 15 is 0 Å². The molecule has 2 rings (SSSR count). The molecule has 1 fully saturated rings. The standard InChI is InChI=1S/C12H17N3O/c13-11-7-15(8-12(14)16)6-10(11)9-4-2-1-3-5-9/h1-5,10-11H,6-8,13H2,(H2,14,16)/t10-,11+/m1/s1. The quantitative estimate of drug-likeness (QED) is 0.745. The zero-order chi connectivity index (χ0) is 11.5. The number of likely N-dealkylation sites (tertiary alicyclic amines) is 1. The highest BCUT2D eigenvalue weighted by atomic mass is 16.1. The Kier molecular flexibility index (Phi) is 3.22. The molecule has 4 heteroatoms. The predicted octanol–water partition coefficient (Wildman–Crippen LogP) is -0.102. The first kappa shape index (κ1) is 11.1. The van der Waals surface area contributed by atoms with Gasteiger partial charge in [-0.2, -0.15) is 0 Å². The Morgan fingerprint density at radius 1 is 1.31 bits per heavy atom. The summed E-state index contributed by atoms with van der Waals surface area (Å²) in [5, 5.41) is 0. The normalized spacial score (nSPS) is 25.8. The fourth-order valence-electron chi connectivity index (χ4n) is 2.32. The van der Waals surface area contributed by atoms with Crippen LogP contribution in [-0.2, 0) is 4.79 Å². The van der Waals surface area contributed by atoms with Gasteiger partial charge in [0.1, 0.15) is 0 Å². The van der Waals surface area contributed by atoms with Gasteiger partial charge in [-0.3, -0.25) is 9.69 Å². The minimum atomic E-state index is -0.291. The lowest BCUT2D eigenvalue weighted by atomic mass is 9.95. The first-order valence-corrected chi connectivity index (χ1v) is 5.48. The lowest BCUT2D eigenvalue weighted by Gasteiger charge is -2.14. The Labute approximate surface area is 95.2 Å². The summed E-state index contributed by atoms with van der Waals surface area (Å²) in [5.41, 5.74) is 12.5. The Hall–Kier alpha value is -1.39. The number of amides is 1. The van der Waals surface area contributed by atoms with Crippen LogP contribution in [0.25, 0.3) is 0 Å². The van der Waals surface area contributed by atoms with Gasteiger partial charge in [0.25, 0.3) is 0 Å². The molecule has 4 N–H and O–H groups in total. The second-order valence-corrected chi connectivity index (χ2v) is 4.34. The van der Waals surface area contributed by atoms with Gasteiger partial charge in [0.2, 0.25) is 5.91 Å². The maximum atomic E-state index is 10.8. The number of nitrogens with two attached hydrogens (primary N) is 2. The molecule has 4 nitrogen and oxygen atoms in total. The summed E-state index contributed by atoms with van der Waals surface area (Å²) in [6.45, 7) is 1.85. The van der Waals surface area contributed by atoms with E-state index in [4.69, 9.17) is 11.5 Å². The summed E-state index contributed by atoms with van der Waals surface area (Å²) >= 11 is 0. The van der Waals surface area contributed by atoms with E-state index in [0.717, 1.165) is 13.1 Å². The van der Waals surface area contributed by atoms with Crippen LogP contribution < -0.4 is 11.5 Å². The van der Waals surface area contributed by atoms with Crippen molar-refractivity contribution < 1.29 is 4.79 Å². The predicted molar refractivity (Wildman–Crippen MR) is 62.8 cm³/mol. The van der Waals surface area contributed by atoms with Gasteiger partial charge in [-0.1, -0.05) is 30.3 Å². The first-order chi connectivity index (χ1) is 7.66. The molecule has 1 heterocycles. The molecule has 0 aliphatic carbocycles. The van der Waals surface area contributed by atoms with Crippen molar-refractivity contribution in [2.75, 3.05) is 19.6 Å². The molecule has 16 heavy (non-hydrogen) atoms. The van der Waals surface area contributed by atoms with Crippen LogP contribution in [0.2, 0.25) is 0 Å². The van der Waals surface area contributed by atoms with Crippen LogP contribution in [0.1, 0.15) is 11.5 Å². The van der Waals surface area contributed by atoms with Crippen molar-refractivity contribution in [3.63, 3.8) is 0 Å². The van der Waals surface area contributed by atoms with Gasteiger partial charge < -0.3 is 11.5 Å². The van der Waals surface area contributed by atoms with Gasteiger partial charge in [-0.05, 0) is 5.56 Å². The maximum Gasteiger partial charge on any atom is 0.231 e. The van der Waals surface area contributed by atoms with Crippen molar-refractivity contribution in [3.8, 4) is 0 Å². The minimum absolute atomic E-state index is 0.0850. The van der Waals surface area contributed by atoms with Crippen molar-refractivity contribution in [1.82, 2.24) is 4.90 Å². The van der Waals surface area contributed by atoms with Crippen LogP contribution in [-0.4, -0.2) is 36.5 Å². The zero-order valence-corrected chi connectivity index (χ0v) is 9.17. The molecule has 2 atom stereocenters. The van der Waals surface area contributed by atoms with Crippen LogP contribution >= 0.6 is 0 Å². The highest BCUT2D eigenvalue weighted by molar-refractivity contribution is 5.76. The van der Waals surface area contributed by atoms with Crippen LogP contribution in [0.3, 0.4) is 0 Å². The number of rotatable bonds is 3. The number of carbonyl (C=O) groups is 1. The molecule has 0 spiro atoms. The van der Waals surface area contributed by atoms with Gasteiger partial charge in [0.15, 0.2) is 0 Å². The molecule has 0 bridgehead atoms.